The number of nitrogens with zero attached hydrogens (tertiary/aromatic N) is 4. The first-order chi connectivity index (χ1) is 15.1. The summed E-state index contributed by atoms with van der Waals surface area (Å²) in [5.41, 5.74) is 2.01. The van der Waals surface area contributed by atoms with E-state index in [-0.39, 0.29) is 11.9 Å². The van der Waals surface area contributed by atoms with E-state index in [2.05, 4.69) is 28.6 Å². The number of halogens is 1. The Bertz CT molecular complexity index is 1000. The number of aromatic nitrogens is 4. The van der Waals surface area contributed by atoms with Crippen LogP contribution in [0.1, 0.15) is 23.0 Å². The van der Waals surface area contributed by atoms with Crippen molar-refractivity contribution in [3.8, 4) is 11.5 Å². The first-order valence-corrected chi connectivity index (χ1v) is 10.5. The zero-order chi connectivity index (χ0) is 21.8. The lowest BCUT2D eigenvalue weighted by molar-refractivity contribution is -1.02. The summed E-state index contributed by atoms with van der Waals surface area (Å²) in [7, 11) is 5.49. The van der Waals surface area contributed by atoms with Gasteiger partial charge in [-0.1, -0.05) is 12.1 Å². The standard InChI is InChI=1S/C22H27FN6O2/c1-27-10-12-28(13-11-27)21(17-6-9-19(30-2)20(14-17)31-3)22-24-25-26-29(22)15-16-4-7-18(23)8-5-16/h4-9,14,21H,10-13,15H2,1-3H3/p+2/t21-/m1/s1. The number of quaternary nitrogens is 2. The van der Waals surface area contributed by atoms with E-state index < -0.39 is 0 Å². The molecular formula is C22H29FN6O2+2. The second kappa shape index (κ2) is 9.40. The van der Waals surface area contributed by atoms with Crippen molar-refractivity contribution < 1.29 is 23.7 Å². The monoisotopic (exact) mass is 428 g/mol. The predicted molar refractivity (Wildman–Crippen MR) is 112 cm³/mol. The fourth-order valence-electron chi connectivity index (χ4n) is 4.18. The number of piperazine rings is 1. The van der Waals surface area contributed by atoms with E-state index >= 15 is 0 Å². The number of likely N-dealkylation sites (N-methyl/N-ethyl adjacent to an activating group) is 1. The molecule has 1 atom stereocenters. The van der Waals surface area contributed by atoms with Gasteiger partial charge in [0.2, 0.25) is 5.82 Å². The lowest BCUT2D eigenvalue weighted by Crippen LogP contribution is -3.27. The highest BCUT2D eigenvalue weighted by Gasteiger charge is 2.35. The molecule has 1 aliphatic heterocycles. The highest BCUT2D eigenvalue weighted by atomic mass is 19.1. The number of ether oxygens (including phenoxy) is 2. The second-order valence-electron chi connectivity index (χ2n) is 7.98. The van der Waals surface area contributed by atoms with Gasteiger partial charge in [-0.05, 0) is 46.3 Å². The molecule has 0 bridgehead atoms. The molecular weight excluding hydrogens is 399 g/mol. The van der Waals surface area contributed by atoms with Crippen LogP contribution in [0.2, 0.25) is 0 Å². The molecule has 0 radical (unpaired) electrons. The van der Waals surface area contributed by atoms with Gasteiger partial charge in [-0.15, -0.1) is 5.10 Å². The van der Waals surface area contributed by atoms with Crippen molar-refractivity contribution in [3.63, 3.8) is 0 Å². The van der Waals surface area contributed by atoms with Crippen LogP contribution >= 0.6 is 0 Å². The van der Waals surface area contributed by atoms with Gasteiger partial charge in [-0.25, -0.2) is 9.07 Å². The molecule has 3 aromatic rings. The van der Waals surface area contributed by atoms with Crippen LogP contribution in [0.4, 0.5) is 4.39 Å². The van der Waals surface area contributed by atoms with Crippen molar-refractivity contribution in [2.75, 3.05) is 47.4 Å². The van der Waals surface area contributed by atoms with Crippen LogP contribution in [-0.2, 0) is 6.54 Å². The van der Waals surface area contributed by atoms with Crippen molar-refractivity contribution in [3.05, 3.63) is 65.2 Å². The summed E-state index contributed by atoms with van der Waals surface area (Å²) in [5, 5.41) is 12.7. The van der Waals surface area contributed by atoms with Gasteiger partial charge in [-0.2, -0.15) is 0 Å². The van der Waals surface area contributed by atoms with E-state index in [9.17, 15) is 4.39 Å². The zero-order valence-corrected chi connectivity index (χ0v) is 18.1. The van der Waals surface area contributed by atoms with Crippen LogP contribution in [0.3, 0.4) is 0 Å². The van der Waals surface area contributed by atoms with Crippen molar-refractivity contribution in [1.29, 1.82) is 0 Å². The summed E-state index contributed by atoms with van der Waals surface area (Å²) in [6.07, 6.45) is 0. The molecule has 0 amide bonds. The third kappa shape index (κ3) is 4.67. The number of methoxy groups -OCH3 is 2. The Labute approximate surface area is 181 Å². The number of hydrogen-bond acceptors (Lipinski definition) is 5. The second-order valence-corrected chi connectivity index (χ2v) is 7.98. The summed E-state index contributed by atoms with van der Waals surface area (Å²) < 4.78 is 26.1. The first kappa shape index (κ1) is 21.2. The molecule has 0 saturated carbocycles. The van der Waals surface area contributed by atoms with Crippen LogP contribution in [-0.4, -0.2) is 67.7 Å². The summed E-state index contributed by atoms with van der Waals surface area (Å²) in [6, 6.07) is 12.4. The van der Waals surface area contributed by atoms with E-state index in [1.807, 2.05) is 16.8 Å². The quantitative estimate of drug-likeness (QED) is 0.525. The highest BCUT2D eigenvalue weighted by Crippen LogP contribution is 2.31. The van der Waals surface area contributed by atoms with E-state index in [4.69, 9.17) is 9.47 Å². The summed E-state index contributed by atoms with van der Waals surface area (Å²) in [5.74, 6) is 1.90. The zero-order valence-electron chi connectivity index (χ0n) is 18.1. The van der Waals surface area contributed by atoms with Crippen molar-refractivity contribution >= 4 is 0 Å². The molecule has 1 aromatic heterocycles. The first-order valence-electron chi connectivity index (χ1n) is 10.5. The minimum Gasteiger partial charge on any atom is -0.493 e. The van der Waals surface area contributed by atoms with Crippen LogP contribution < -0.4 is 19.3 Å². The molecule has 1 fully saturated rings. The molecule has 0 unspecified atom stereocenters. The number of tetrazole rings is 1. The summed E-state index contributed by atoms with van der Waals surface area (Å²) >= 11 is 0. The van der Waals surface area contributed by atoms with Gasteiger partial charge in [0.1, 0.15) is 32.0 Å². The van der Waals surface area contributed by atoms with Crippen LogP contribution in [0, 0.1) is 5.82 Å². The average Bonchev–Trinajstić information content (AvgIpc) is 3.24. The van der Waals surface area contributed by atoms with Crippen molar-refractivity contribution in [2.45, 2.75) is 12.6 Å². The Morgan fingerprint density at radius 1 is 1.00 bits per heavy atom. The SMILES string of the molecule is COc1ccc([C@H](c2nnnn2Cc2ccc(F)cc2)[NH+]2CC[NH+](C)CC2)cc1OC. The van der Waals surface area contributed by atoms with E-state index in [1.54, 1.807) is 26.4 Å². The lowest BCUT2D eigenvalue weighted by atomic mass is 10.0. The summed E-state index contributed by atoms with van der Waals surface area (Å²) in [4.78, 5) is 2.94. The molecule has 0 aliphatic carbocycles. The van der Waals surface area contributed by atoms with Gasteiger partial charge in [-0.3, -0.25) is 0 Å². The summed E-state index contributed by atoms with van der Waals surface area (Å²) in [6.45, 7) is 4.66. The highest BCUT2D eigenvalue weighted by molar-refractivity contribution is 5.44. The maximum atomic E-state index is 13.3. The molecule has 164 valence electrons. The molecule has 2 N–H and O–H groups in total. The number of benzene rings is 2. The van der Waals surface area contributed by atoms with Crippen LogP contribution in [0.15, 0.2) is 42.5 Å². The topological polar surface area (TPSA) is 70.9 Å². The van der Waals surface area contributed by atoms with E-state index in [0.717, 1.165) is 43.1 Å². The molecule has 31 heavy (non-hydrogen) atoms. The number of rotatable bonds is 7. The minimum absolute atomic E-state index is 0.0524. The maximum absolute atomic E-state index is 13.3. The molecule has 2 aromatic carbocycles. The van der Waals surface area contributed by atoms with Gasteiger partial charge < -0.3 is 19.3 Å². The molecule has 0 spiro atoms. The van der Waals surface area contributed by atoms with E-state index in [0.29, 0.717) is 18.0 Å². The van der Waals surface area contributed by atoms with E-state index in [1.165, 1.54) is 21.9 Å². The van der Waals surface area contributed by atoms with Gasteiger partial charge in [0.15, 0.2) is 17.5 Å². The molecule has 4 rings (SSSR count). The van der Waals surface area contributed by atoms with Gasteiger partial charge >= 0.3 is 0 Å². The molecule has 8 nitrogen and oxygen atoms in total. The van der Waals surface area contributed by atoms with Crippen molar-refractivity contribution in [2.24, 2.45) is 0 Å². The largest absolute Gasteiger partial charge is 0.493 e. The average molecular weight is 429 g/mol. The van der Waals surface area contributed by atoms with Gasteiger partial charge in [0, 0.05) is 5.56 Å². The fraction of sp³-hybridized carbons (Fsp3) is 0.409. The Balaban J connectivity index is 1.72. The van der Waals surface area contributed by atoms with Gasteiger partial charge in [0.25, 0.3) is 0 Å². The van der Waals surface area contributed by atoms with Gasteiger partial charge in [0.05, 0.1) is 27.8 Å². The predicted octanol–water partition coefficient (Wildman–Crippen LogP) is -0.620. The Kier molecular flexibility index (Phi) is 6.43. The third-order valence-corrected chi connectivity index (χ3v) is 5.96. The van der Waals surface area contributed by atoms with Crippen LogP contribution in [0.5, 0.6) is 11.5 Å². The molecule has 1 aliphatic rings. The third-order valence-electron chi connectivity index (χ3n) is 5.96. The lowest BCUT2D eigenvalue weighted by Gasteiger charge is -2.33. The Morgan fingerprint density at radius 2 is 1.71 bits per heavy atom. The molecule has 9 heteroatoms. The Hall–Kier alpha value is -3.04. The van der Waals surface area contributed by atoms with Crippen LogP contribution in [0.25, 0.3) is 0 Å². The molecule has 2 heterocycles. The molecule has 1 saturated heterocycles. The minimum atomic E-state index is -0.256. The van der Waals surface area contributed by atoms with Crippen molar-refractivity contribution in [1.82, 2.24) is 20.2 Å². The maximum Gasteiger partial charge on any atom is 0.214 e. The smallest absolute Gasteiger partial charge is 0.214 e. The fourth-order valence-corrected chi connectivity index (χ4v) is 4.18. The normalized spacial score (nSPS) is 19.7. The number of hydrogen-bond donors (Lipinski definition) is 2. The Morgan fingerprint density at radius 3 is 2.39 bits per heavy atom. The number of nitrogens with one attached hydrogen (secondary N) is 2.